The van der Waals surface area contributed by atoms with E-state index in [0.717, 1.165) is 35.4 Å². The molecule has 3 N–H and O–H groups in total. The van der Waals surface area contributed by atoms with E-state index in [9.17, 15) is 4.79 Å². The third-order valence-electron chi connectivity index (χ3n) is 4.61. The predicted octanol–water partition coefficient (Wildman–Crippen LogP) is 2.24. The van der Waals surface area contributed by atoms with E-state index in [-0.39, 0.29) is 5.91 Å². The van der Waals surface area contributed by atoms with Crippen LogP contribution in [0, 0.1) is 17.8 Å². The summed E-state index contributed by atoms with van der Waals surface area (Å²) < 4.78 is 0. The fourth-order valence-electron chi connectivity index (χ4n) is 3.04. The molecule has 0 aliphatic heterocycles. The molecule has 2 saturated carbocycles. The molecule has 2 aliphatic rings. The first-order chi connectivity index (χ1) is 9.76. The van der Waals surface area contributed by atoms with Gasteiger partial charge in [-0.15, -0.1) is 0 Å². The summed E-state index contributed by atoms with van der Waals surface area (Å²) in [5.74, 6) is 2.69. The molecule has 0 heterocycles. The Bertz CT molecular complexity index is 448. The number of carbonyl (C=O) groups excluding carboxylic acids is 1. The number of hydrogen-bond donors (Lipinski definition) is 2. The maximum Gasteiger partial charge on any atom is 0.224 e. The molecule has 108 valence electrons. The highest BCUT2D eigenvalue weighted by atomic mass is 16.1. The number of carbonyl (C=O) groups is 1. The van der Waals surface area contributed by atoms with E-state index < -0.39 is 0 Å². The standard InChI is InChI=1S/C17H24N2O/c18-10-13-3-1-12(2-4-13)9-17(20)19-11-16(14-5-6-14)15-7-8-15/h1-4,14-16H,5-11,18H2,(H,19,20). The van der Waals surface area contributed by atoms with E-state index in [1.54, 1.807) is 0 Å². The fraction of sp³-hybridized carbons (Fsp3) is 0.588. The molecule has 1 aromatic carbocycles. The number of nitrogens with one attached hydrogen (secondary N) is 1. The Labute approximate surface area is 120 Å². The van der Waals surface area contributed by atoms with Crippen molar-refractivity contribution >= 4 is 5.91 Å². The molecule has 0 radical (unpaired) electrons. The summed E-state index contributed by atoms with van der Waals surface area (Å²) in [7, 11) is 0. The van der Waals surface area contributed by atoms with Crippen molar-refractivity contribution in [2.45, 2.75) is 38.6 Å². The van der Waals surface area contributed by atoms with Crippen LogP contribution in [0.25, 0.3) is 0 Å². The SMILES string of the molecule is NCc1ccc(CC(=O)NCC(C2CC2)C2CC2)cc1. The maximum absolute atomic E-state index is 12.0. The first-order valence-electron chi connectivity index (χ1n) is 7.81. The van der Waals surface area contributed by atoms with E-state index in [4.69, 9.17) is 5.73 Å². The van der Waals surface area contributed by atoms with Crippen LogP contribution in [0.15, 0.2) is 24.3 Å². The fourth-order valence-corrected chi connectivity index (χ4v) is 3.04. The van der Waals surface area contributed by atoms with E-state index in [1.807, 2.05) is 24.3 Å². The second-order valence-electron chi connectivity index (χ2n) is 6.34. The van der Waals surface area contributed by atoms with E-state index in [2.05, 4.69) is 5.32 Å². The van der Waals surface area contributed by atoms with Crippen LogP contribution in [0.2, 0.25) is 0 Å². The largest absolute Gasteiger partial charge is 0.356 e. The van der Waals surface area contributed by atoms with Gasteiger partial charge < -0.3 is 11.1 Å². The molecule has 0 atom stereocenters. The molecule has 0 aromatic heterocycles. The quantitative estimate of drug-likeness (QED) is 0.800. The molecular formula is C17H24N2O. The Hall–Kier alpha value is -1.35. The van der Waals surface area contributed by atoms with Crippen molar-refractivity contribution < 1.29 is 4.79 Å². The Morgan fingerprint density at radius 1 is 1.10 bits per heavy atom. The van der Waals surface area contributed by atoms with Crippen LogP contribution in [0.1, 0.15) is 36.8 Å². The molecule has 1 amide bonds. The number of amides is 1. The second-order valence-corrected chi connectivity index (χ2v) is 6.34. The Kier molecular flexibility index (Phi) is 4.06. The van der Waals surface area contributed by atoms with Crippen molar-refractivity contribution in [1.82, 2.24) is 5.32 Å². The molecule has 1 aromatic rings. The van der Waals surface area contributed by atoms with Crippen LogP contribution in [0.3, 0.4) is 0 Å². The van der Waals surface area contributed by atoms with Gasteiger partial charge in [0.05, 0.1) is 6.42 Å². The van der Waals surface area contributed by atoms with Gasteiger partial charge in [-0.25, -0.2) is 0 Å². The lowest BCUT2D eigenvalue weighted by atomic mass is 9.98. The smallest absolute Gasteiger partial charge is 0.224 e. The molecule has 2 aliphatic carbocycles. The predicted molar refractivity (Wildman–Crippen MR) is 80.0 cm³/mol. The number of hydrogen-bond acceptors (Lipinski definition) is 2. The van der Waals surface area contributed by atoms with Gasteiger partial charge in [-0.3, -0.25) is 4.79 Å². The topological polar surface area (TPSA) is 55.1 Å². The van der Waals surface area contributed by atoms with Crippen LogP contribution in [-0.2, 0) is 17.8 Å². The number of rotatable bonds is 7. The van der Waals surface area contributed by atoms with Crippen molar-refractivity contribution in [3.05, 3.63) is 35.4 Å². The first kappa shape index (κ1) is 13.6. The second kappa shape index (κ2) is 5.96. The van der Waals surface area contributed by atoms with Crippen LogP contribution in [0.5, 0.6) is 0 Å². The van der Waals surface area contributed by atoms with E-state index in [0.29, 0.717) is 13.0 Å². The van der Waals surface area contributed by atoms with Gasteiger partial charge in [0.25, 0.3) is 0 Å². The summed E-state index contributed by atoms with van der Waals surface area (Å²) in [5, 5.41) is 3.14. The Morgan fingerprint density at radius 2 is 1.65 bits per heavy atom. The molecule has 2 fully saturated rings. The van der Waals surface area contributed by atoms with Crippen LogP contribution in [0.4, 0.5) is 0 Å². The molecular weight excluding hydrogens is 248 g/mol. The molecule has 3 nitrogen and oxygen atoms in total. The summed E-state index contributed by atoms with van der Waals surface area (Å²) in [6, 6.07) is 8.00. The molecule has 0 unspecified atom stereocenters. The van der Waals surface area contributed by atoms with E-state index in [1.165, 1.54) is 25.7 Å². The zero-order valence-electron chi connectivity index (χ0n) is 12.0. The van der Waals surface area contributed by atoms with Gasteiger partial charge in [-0.05, 0) is 54.6 Å². The van der Waals surface area contributed by atoms with Crippen molar-refractivity contribution in [2.24, 2.45) is 23.5 Å². The molecule has 0 bridgehead atoms. The van der Waals surface area contributed by atoms with Crippen molar-refractivity contribution in [2.75, 3.05) is 6.54 Å². The monoisotopic (exact) mass is 272 g/mol. The number of nitrogens with two attached hydrogens (primary N) is 1. The highest BCUT2D eigenvalue weighted by Gasteiger charge is 2.41. The van der Waals surface area contributed by atoms with Crippen molar-refractivity contribution in [1.29, 1.82) is 0 Å². The highest BCUT2D eigenvalue weighted by Crippen LogP contribution is 2.48. The zero-order valence-corrected chi connectivity index (χ0v) is 12.0. The van der Waals surface area contributed by atoms with Crippen molar-refractivity contribution in [3.63, 3.8) is 0 Å². The van der Waals surface area contributed by atoms with Gasteiger partial charge in [0.15, 0.2) is 0 Å². The molecule has 0 spiro atoms. The molecule has 3 heteroatoms. The molecule has 20 heavy (non-hydrogen) atoms. The van der Waals surface area contributed by atoms with Crippen LogP contribution < -0.4 is 11.1 Å². The molecule has 0 saturated heterocycles. The van der Waals surface area contributed by atoms with Gasteiger partial charge in [0.1, 0.15) is 0 Å². The molecule has 3 rings (SSSR count). The number of benzene rings is 1. The zero-order chi connectivity index (χ0) is 13.9. The maximum atomic E-state index is 12.0. The van der Waals surface area contributed by atoms with Crippen LogP contribution in [-0.4, -0.2) is 12.5 Å². The summed E-state index contributed by atoms with van der Waals surface area (Å²) in [6.07, 6.45) is 5.97. The van der Waals surface area contributed by atoms with Crippen LogP contribution >= 0.6 is 0 Å². The third-order valence-corrected chi connectivity index (χ3v) is 4.61. The average Bonchev–Trinajstić information content (AvgIpc) is 3.33. The minimum atomic E-state index is 0.150. The van der Waals surface area contributed by atoms with E-state index >= 15 is 0 Å². The third kappa shape index (κ3) is 3.60. The average molecular weight is 272 g/mol. The minimum absolute atomic E-state index is 0.150. The first-order valence-corrected chi connectivity index (χ1v) is 7.81. The van der Waals surface area contributed by atoms with Gasteiger partial charge in [-0.2, -0.15) is 0 Å². The van der Waals surface area contributed by atoms with Gasteiger partial charge in [0, 0.05) is 13.1 Å². The lowest BCUT2D eigenvalue weighted by Gasteiger charge is -2.16. The normalized spacial score (nSPS) is 18.3. The van der Waals surface area contributed by atoms with Crippen molar-refractivity contribution in [3.8, 4) is 0 Å². The van der Waals surface area contributed by atoms with Gasteiger partial charge >= 0.3 is 0 Å². The minimum Gasteiger partial charge on any atom is -0.356 e. The highest BCUT2D eigenvalue weighted by molar-refractivity contribution is 5.78. The summed E-state index contributed by atoms with van der Waals surface area (Å²) in [5.41, 5.74) is 7.74. The summed E-state index contributed by atoms with van der Waals surface area (Å²) in [4.78, 5) is 12.0. The summed E-state index contributed by atoms with van der Waals surface area (Å²) >= 11 is 0. The van der Waals surface area contributed by atoms with Gasteiger partial charge in [0.2, 0.25) is 5.91 Å². The Morgan fingerprint density at radius 3 is 2.15 bits per heavy atom. The Balaban J connectivity index is 1.46. The summed E-state index contributed by atoms with van der Waals surface area (Å²) in [6.45, 7) is 1.44. The van der Waals surface area contributed by atoms with Gasteiger partial charge in [-0.1, -0.05) is 24.3 Å². The lowest BCUT2D eigenvalue weighted by molar-refractivity contribution is -0.120. The lowest BCUT2D eigenvalue weighted by Crippen LogP contribution is -2.32.